The van der Waals surface area contributed by atoms with Crippen molar-refractivity contribution < 1.29 is 5.11 Å². The number of aliphatic hydroxyl groups is 1. The first-order valence-corrected chi connectivity index (χ1v) is 7.24. The summed E-state index contributed by atoms with van der Waals surface area (Å²) in [6.07, 6.45) is 7.34. The molecule has 2 bridgehead atoms. The molecular weight excluding hydrogens is 192 g/mol. The van der Waals surface area contributed by atoms with Gasteiger partial charge in [-0.3, -0.25) is 0 Å². The van der Waals surface area contributed by atoms with Crippen molar-refractivity contribution in [2.24, 2.45) is 23.7 Å². The molecule has 0 aromatic carbocycles. The van der Waals surface area contributed by atoms with Crippen LogP contribution in [-0.2, 0) is 0 Å². The lowest BCUT2D eigenvalue weighted by Gasteiger charge is -2.25. The standard InChI is InChI=1S/C12H20OS/c13-12-7-14-6-11(12)5-10-4-8-1-2-9(10)3-8/h8-13H,1-7H2. The summed E-state index contributed by atoms with van der Waals surface area (Å²) in [5.74, 6) is 5.92. The molecule has 2 saturated carbocycles. The van der Waals surface area contributed by atoms with Crippen LogP contribution in [0.15, 0.2) is 0 Å². The van der Waals surface area contributed by atoms with Crippen LogP contribution in [-0.4, -0.2) is 22.7 Å². The molecule has 0 spiro atoms. The predicted octanol–water partition coefficient (Wildman–Crippen LogP) is 2.54. The van der Waals surface area contributed by atoms with Crippen molar-refractivity contribution in [2.45, 2.75) is 38.2 Å². The van der Waals surface area contributed by atoms with Crippen molar-refractivity contribution in [3.8, 4) is 0 Å². The van der Waals surface area contributed by atoms with Crippen LogP contribution in [0.2, 0.25) is 0 Å². The van der Waals surface area contributed by atoms with Gasteiger partial charge in [0.05, 0.1) is 6.10 Å². The Morgan fingerprint density at radius 1 is 1.07 bits per heavy atom. The fourth-order valence-electron chi connectivity index (χ4n) is 3.87. The van der Waals surface area contributed by atoms with Crippen molar-refractivity contribution in [3.63, 3.8) is 0 Å². The second-order valence-corrected chi connectivity index (χ2v) is 6.61. The summed E-state index contributed by atoms with van der Waals surface area (Å²) in [6.45, 7) is 0. The molecule has 0 aromatic heterocycles. The van der Waals surface area contributed by atoms with Gasteiger partial charge in [-0.25, -0.2) is 0 Å². The third-order valence-corrected chi connectivity index (χ3v) is 5.90. The minimum absolute atomic E-state index is 0.0131. The predicted molar refractivity (Wildman–Crippen MR) is 60.4 cm³/mol. The average Bonchev–Trinajstić information content (AvgIpc) is 2.83. The zero-order valence-corrected chi connectivity index (χ0v) is 9.51. The summed E-state index contributed by atoms with van der Waals surface area (Å²) in [4.78, 5) is 0. The minimum atomic E-state index is 0.0131. The summed E-state index contributed by atoms with van der Waals surface area (Å²) in [5, 5.41) is 9.80. The van der Waals surface area contributed by atoms with Crippen LogP contribution in [0.1, 0.15) is 32.1 Å². The van der Waals surface area contributed by atoms with Gasteiger partial charge in [0.15, 0.2) is 0 Å². The van der Waals surface area contributed by atoms with Crippen LogP contribution >= 0.6 is 11.8 Å². The summed E-state index contributed by atoms with van der Waals surface area (Å²) in [7, 11) is 0. The van der Waals surface area contributed by atoms with E-state index in [0.717, 1.165) is 23.5 Å². The SMILES string of the molecule is OC1CSCC1CC1CC2CCC1C2. The van der Waals surface area contributed by atoms with E-state index in [9.17, 15) is 5.11 Å². The highest BCUT2D eigenvalue weighted by Crippen LogP contribution is 2.51. The van der Waals surface area contributed by atoms with Crippen LogP contribution in [0, 0.1) is 23.7 Å². The molecule has 2 aliphatic carbocycles. The molecule has 80 valence electrons. The second-order valence-electron chi connectivity index (χ2n) is 5.54. The Labute approximate surface area is 90.7 Å². The molecule has 1 N–H and O–H groups in total. The maximum atomic E-state index is 9.80. The molecule has 1 heterocycles. The number of thioether (sulfide) groups is 1. The van der Waals surface area contributed by atoms with Crippen LogP contribution in [0.3, 0.4) is 0 Å². The van der Waals surface area contributed by atoms with Gasteiger partial charge in [-0.1, -0.05) is 6.42 Å². The fourth-order valence-corrected chi connectivity index (χ4v) is 5.18. The van der Waals surface area contributed by atoms with E-state index in [4.69, 9.17) is 0 Å². The third-order valence-electron chi connectivity index (χ3n) is 4.65. The van der Waals surface area contributed by atoms with Crippen molar-refractivity contribution in [1.82, 2.24) is 0 Å². The molecule has 3 aliphatic rings. The maximum Gasteiger partial charge on any atom is 0.0666 e. The monoisotopic (exact) mass is 212 g/mol. The molecular formula is C12H20OS. The van der Waals surface area contributed by atoms with Gasteiger partial charge in [0, 0.05) is 5.75 Å². The first-order valence-electron chi connectivity index (χ1n) is 6.08. The smallest absolute Gasteiger partial charge is 0.0666 e. The largest absolute Gasteiger partial charge is 0.392 e. The second kappa shape index (κ2) is 3.71. The summed E-state index contributed by atoms with van der Waals surface area (Å²) >= 11 is 1.94. The first kappa shape index (κ1) is 9.53. The van der Waals surface area contributed by atoms with E-state index in [1.54, 1.807) is 0 Å². The van der Waals surface area contributed by atoms with E-state index in [1.165, 1.54) is 37.9 Å². The van der Waals surface area contributed by atoms with Gasteiger partial charge in [0.2, 0.25) is 0 Å². The van der Waals surface area contributed by atoms with Crippen LogP contribution in [0.4, 0.5) is 0 Å². The highest BCUT2D eigenvalue weighted by Gasteiger charge is 2.41. The third kappa shape index (κ3) is 1.61. The number of hydrogen-bond acceptors (Lipinski definition) is 2. The number of fused-ring (bicyclic) bond motifs is 2. The molecule has 5 atom stereocenters. The van der Waals surface area contributed by atoms with Crippen LogP contribution in [0.5, 0.6) is 0 Å². The van der Waals surface area contributed by atoms with E-state index in [-0.39, 0.29) is 6.10 Å². The Morgan fingerprint density at radius 2 is 2.00 bits per heavy atom. The quantitative estimate of drug-likeness (QED) is 0.759. The molecule has 0 amide bonds. The zero-order chi connectivity index (χ0) is 9.54. The normalized spacial score (nSPS) is 51.6. The lowest BCUT2D eigenvalue weighted by Crippen LogP contribution is -2.23. The van der Waals surface area contributed by atoms with Crippen molar-refractivity contribution in [1.29, 1.82) is 0 Å². The number of hydrogen-bond donors (Lipinski definition) is 1. The van der Waals surface area contributed by atoms with Gasteiger partial charge in [0.25, 0.3) is 0 Å². The van der Waals surface area contributed by atoms with Gasteiger partial charge in [0.1, 0.15) is 0 Å². The Hall–Kier alpha value is 0.310. The van der Waals surface area contributed by atoms with Gasteiger partial charge >= 0.3 is 0 Å². The summed E-state index contributed by atoms with van der Waals surface area (Å²) < 4.78 is 0. The van der Waals surface area contributed by atoms with E-state index in [1.807, 2.05) is 11.8 Å². The Morgan fingerprint density at radius 3 is 2.57 bits per heavy atom. The Kier molecular flexibility index (Phi) is 2.53. The van der Waals surface area contributed by atoms with Gasteiger partial charge in [-0.15, -0.1) is 0 Å². The van der Waals surface area contributed by atoms with E-state index in [2.05, 4.69) is 0 Å². The Bertz CT molecular complexity index is 218. The molecule has 1 aliphatic heterocycles. The molecule has 1 nitrogen and oxygen atoms in total. The van der Waals surface area contributed by atoms with E-state index < -0.39 is 0 Å². The molecule has 2 heteroatoms. The van der Waals surface area contributed by atoms with Crippen molar-refractivity contribution >= 4 is 11.8 Å². The molecule has 14 heavy (non-hydrogen) atoms. The Balaban J connectivity index is 1.57. The number of aliphatic hydroxyl groups excluding tert-OH is 1. The topological polar surface area (TPSA) is 20.2 Å². The lowest BCUT2D eigenvalue weighted by molar-refractivity contribution is 0.123. The fraction of sp³-hybridized carbons (Fsp3) is 1.00. The van der Waals surface area contributed by atoms with Crippen LogP contribution < -0.4 is 0 Å². The van der Waals surface area contributed by atoms with Crippen molar-refractivity contribution in [2.75, 3.05) is 11.5 Å². The van der Waals surface area contributed by atoms with Crippen molar-refractivity contribution in [3.05, 3.63) is 0 Å². The molecule has 1 saturated heterocycles. The zero-order valence-electron chi connectivity index (χ0n) is 8.69. The molecule has 0 aromatic rings. The average molecular weight is 212 g/mol. The number of rotatable bonds is 2. The van der Waals surface area contributed by atoms with Crippen LogP contribution in [0.25, 0.3) is 0 Å². The molecule has 3 rings (SSSR count). The van der Waals surface area contributed by atoms with E-state index in [0.29, 0.717) is 5.92 Å². The summed E-state index contributed by atoms with van der Waals surface area (Å²) in [6, 6.07) is 0. The highest BCUT2D eigenvalue weighted by molar-refractivity contribution is 7.99. The first-order chi connectivity index (χ1) is 6.83. The van der Waals surface area contributed by atoms with Gasteiger partial charge < -0.3 is 5.11 Å². The molecule has 5 unspecified atom stereocenters. The maximum absolute atomic E-state index is 9.80. The molecule has 3 fully saturated rings. The molecule has 0 radical (unpaired) electrons. The minimum Gasteiger partial charge on any atom is -0.392 e. The van der Waals surface area contributed by atoms with Gasteiger partial charge in [-0.2, -0.15) is 11.8 Å². The summed E-state index contributed by atoms with van der Waals surface area (Å²) in [5.41, 5.74) is 0. The van der Waals surface area contributed by atoms with E-state index >= 15 is 0 Å². The highest BCUT2D eigenvalue weighted by atomic mass is 32.2. The lowest BCUT2D eigenvalue weighted by atomic mass is 9.81. The van der Waals surface area contributed by atoms with Gasteiger partial charge in [-0.05, 0) is 55.1 Å².